The number of halogens is 2. The molecular formula is C21H24BrClO4. The fourth-order valence-electron chi connectivity index (χ4n) is 2.72. The zero-order valence-corrected chi connectivity index (χ0v) is 17.8. The van der Waals surface area contributed by atoms with E-state index >= 15 is 0 Å². The molecule has 0 radical (unpaired) electrons. The number of carbonyl (C=O) groups excluding carboxylic acids is 1. The van der Waals surface area contributed by atoms with Crippen LogP contribution in [-0.2, 0) is 11.2 Å². The largest absolute Gasteiger partial charge is 0.508 e. The number of phenolic OH excluding ortho intramolecular Hbond substituents is 1. The van der Waals surface area contributed by atoms with Gasteiger partial charge in [-0.15, -0.1) is 0 Å². The number of hydrogen-bond acceptors (Lipinski definition) is 4. The summed E-state index contributed by atoms with van der Waals surface area (Å²) < 4.78 is 6.32. The maximum absolute atomic E-state index is 11.7. The zero-order valence-electron chi connectivity index (χ0n) is 15.5. The predicted octanol–water partition coefficient (Wildman–Crippen LogP) is 5.24. The number of Topliss-reactive ketones (excluding diaryl/α,β-unsaturated/α-hetero) is 1. The van der Waals surface area contributed by atoms with Crippen LogP contribution in [-0.4, -0.2) is 29.2 Å². The first-order valence-electron chi connectivity index (χ1n) is 8.87. The highest BCUT2D eigenvalue weighted by Crippen LogP contribution is 2.34. The topological polar surface area (TPSA) is 66.8 Å². The van der Waals surface area contributed by atoms with Crippen molar-refractivity contribution in [1.29, 1.82) is 0 Å². The third-order valence-corrected chi connectivity index (χ3v) is 5.27. The van der Waals surface area contributed by atoms with Gasteiger partial charge in [0.2, 0.25) is 0 Å². The maximum Gasteiger partial charge on any atom is 0.170 e. The van der Waals surface area contributed by atoms with Gasteiger partial charge in [0.1, 0.15) is 18.1 Å². The number of phenols is 1. The summed E-state index contributed by atoms with van der Waals surface area (Å²) in [5.41, 5.74) is 2.86. The van der Waals surface area contributed by atoms with E-state index in [1.165, 1.54) is 0 Å². The second-order valence-corrected chi connectivity index (χ2v) is 8.01. The maximum atomic E-state index is 11.7. The lowest BCUT2D eigenvalue weighted by Gasteiger charge is -2.14. The molecule has 0 aliphatic carbocycles. The molecule has 4 nitrogen and oxygen atoms in total. The lowest BCUT2D eigenvalue weighted by atomic mass is 9.96. The summed E-state index contributed by atoms with van der Waals surface area (Å²) in [6, 6.07) is 9.08. The smallest absolute Gasteiger partial charge is 0.170 e. The molecule has 0 amide bonds. The molecule has 0 bridgehead atoms. The number of ketones is 1. The summed E-state index contributed by atoms with van der Waals surface area (Å²) in [7, 11) is 0. The van der Waals surface area contributed by atoms with Crippen molar-refractivity contribution in [2.75, 3.05) is 13.2 Å². The number of hydrogen-bond donors (Lipinski definition) is 2. The molecule has 2 aromatic carbocycles. The predicted molar refractivity (Wildman–Crippen MR) is 111 cm³/mol. The molecule has 2 aromatic rings. The van der Waals surface area contributed by atoms with Gasteiger partial charge in [-0.05, 0) is 47.2 Å². The van der Waals surface area contributed by atoms with Crippen molar-refractivity contribution < 1.29 is 19.7 Å². The van der Waals surface area contributed by atoms with Crippen LogP contribution in [0.5, 0.6) is 11.5 Å². The number of ether oxygens (including phenoxy) is 1. The van der Waals surface area contributed by atoms with Gasteiger partial charge in [0, 0.05) is 28.9 Å². The van der Waals surface area contributed by atoms with Crippen LogP contribution in [0.25, 0.3) is 0 Å². The van der Waals surface area contributed by atoms with E-state index in [4.69, 9.17) is 21.4 Å². The van der Waals surface area contributed by atoms with E-state index in [-0.39, 0.29) is 24.9 Å². The van der Waals surface area contributed by atoms with Crippen molar-refractivity contribution in [3.63, 3.8) is 0 Å². The Morgan fingerprint density at radius 3 is 2.63 bits per heavy atom. The van der Waals surface area contributed by atoms with Crippen LogP contribution in [0.15, 0.2) is 34.8 Å². The SMILES string of the molecule is CC(C)c1cc(Cc2c(Cl)cc(OCC(=O)CCCO)cc2Br)ccc1O. The summed E-state index contributed by atoms with van der Waals surface area (Å²) in [5, 5.41) is 19.3. The van der Waals surface area contributed by atoms with E-state index in [0.29, 0.717) is 35.8 Å². The highest BCUT2D eigenvalue weighted by molar-refractivity contribution is 9.10. The first kappa shape index (κ1) is 21.7. The van der Waals surface area contributed by atoms with Crippen LogP contribution in [0.1, 0.15) is 49.3 Å². The molecule has 0 fully saturated rings. The summed E-state index contributed by atoms with van der Waals surface area (Å²) in [6.07, 6.45) is 1.34. The van der Waals surface area contributed by atoms with Crippen LogP contribution in [0, 0.1) is 0 Å². The molecule has 27 heavy (non-hydrogen) atoms. The third-order valence-electron chi connectivity index (χ3n) is 4.22. The molecule has 0 aliphatic heterocycles. The summed E-state index contributed by atoms with van der Waals surface area (Å²) in [5.74, 6) is 0.976. The van der Waals surface area contributed by atoms with E-state index in [9.17, 15) is 9.90 Å². The van der Waals surface area contributed by atoms with Crippen LogP contribution in [0.2, 0.25) is 5.02 Å². The molecule has 2 N–H and O–H groups in total. The van der Waals surface area contributed by atoms with Gasteiger partial charge < -0.3 is 14.9 Å². The Balaban J connectivity index is 2.13. The minimum Gasteiger partial charge on any atom is -0.508 e. The molecule has 146 valence electrons. The molecule has 0 heterocycles. The molecule has 0 spiro atoms. The number of rotatable bonds is 9. The van der Waals surface area contributed by atoms with Gasteiger partial charge in [0.05, 0.1) is 0 Å². The van der Waals surface area contributed by atoms with E-state index < -0.39 is 0 Å². The number of aliphatic hydroxyl groups is 1. The van der Waals surface area contributed by atoms with Crippen molar-refractivity contribution in [2.45, 2.75) is 39.0 Å². The van der Waals surface area contributed by atoms with Crippen LogP contribution < -0.4 is 4.74 Å². The van der Waals surface area contributed by atoms with Gasteiger partial charge in [0.15, 0.2) is 5.78 Å². The first-order valence-corrected chi connectivity index (χ1v) is 10.0. The average molecular weight is 456 g/mol. The van der Waals surface area contributed by atoms with Gasteiger partial charge >= 0.3 is 0 Å². The number of aliphatic hydroxyl groups excluding tert-OH is 1. The molecule has 0 aromatic heterocycles. The molecule has 0 aliphatic rings. The third kappa shape index (κ3) is 6.23. The van der Waals surface area contributed by atoms with Crippen molar-refractivity contribution in [2.24, 2.45) is 0 Å². The van der Waals surface area contributed by atoms with Crippen molar-refractivity contribution in [3.8, 4) is 11.5 Å². The van der Waals surface area contributed by atoms with Gasteiger partial charge in [-0.1, -0.05) is 53.5 Å². The molecule has 2 rings (SSSR count). The Morgan fingerprint density at radius 1 is 1.26 bits per heavy atom. The van der Waals surface area contributed by atoms with Crippen LogP contribution in [0.3, 0.4) is 0 Å². The van der Waals surface area contributed by atoms with Crippen molar-refractivity contribution in [3.05, 3.63) is 56.5 Å². The van der Waals surface area contributed by atoms with E-state index in [0.717, 1.165) is 21.2 Å². The second-order valence-electron chi connectivity index (χ2n) is 6.74. The number of benzene rings is 2. The molecule has 0 atom stereocenters. The Hall–Kier alpha value is -1.56. The fraction of sp³-hybridized carbons (Fsp3) is 0.381. The highest BCUT2D eigenvalue weighted by atomic mass is 79.9. The van der Waals surface area contributed by atoms with Gasteiger partial charge in [-0.25, -0.2) is 0 Å². The number of aromatic hydroxyl groups is 1. The first-order chi connectivity index (χ1) is 12.8. The Morgan fingerprint density at radius 2 is 2.00 bits per heavy atom. The normalized spacial score (nSPS) is 11.0. The Labute approximate surface area is 173 Å². The minimum atomic E-state index is -0.0642. The summed E-state index contributed by atoms with van der Waals surface area (Å²) >= 11 is 9.97. The molecule has 0 saturated carbocycles. The van der Waals surface area contributed by atoms with E-state index in [1.54, 1.807) is 18.2 Å². The average Bonchev–Trinajstić information content (AvgIpc) is 2.62. The van der Waals surface area contributed by atoms with Crippen LogP contribution in [0.4, 0.5) is 0 Å². The van der Waals surface area contributed by atoms with Gasteiger partial charge in [0.25, 0.3) is 0 Å². The molecule has 0 unspecified atom stereocenters. The standard InChI is InChI=1S/C21H24BrClO4/c1-13(2)17-8-14(5-6-21(17)26)9-18-19(22)10-16(11-20(18)23)27-12-15(25)4-3-7-24/h5-6,8,10-11,13,24,26H,3-4,7,9,12H2,1-2H3. The van der Waals surface area contributed by atoms with Crippen molar-refractivity contribution >= 4 is 33.3 Å². The Bertz CT molecular complexity index is 782. The minimum absolute atomic E-state index is 0.00635. The quantitative estimate of drug-likeness (QED) is 0.542. The van der Waals surface area contributed by atoms with Gasteiger partial charge in [-0.3, -0.25) is 4.79 Å². The number of carbonyl (C=O) groups is 1. The molecule has 0 saturated heterocycles. The lowest BCUT2D eigenvalue weighted by molar-refractivity contribution is -0.121. The zero-order chi connectivity index (χ0) is 20.0. The van der Waals surface area contributed by atoms with E-state index in [2.05, 4.69) is 15.9 Å². The van der Waals surface area contributed by atoms with E-state index in [1.807, 2.05) is 26.0 Å². The summed E-state index contributed by atoms with van der Waals surface area (Å²) in [4.78, 5) is 11.7. The summed E-state index contributed by atoms with van der Waals surface area (Å²) in [6.45, 7) is 4.02. The fourth-order valence-corrected chi connectivity index (χ4v) is 3.69. The Kier molecular flexibility index (Phi) is 8.14. The van der Waals surface area contributed by atoms with Gasteiger partial charge in [-0.2, -0.15) is 0 Å². The highest BCUT2D eigenvalue weighted by Gasteiger charge is 2.13. The van der Waals surface area contributed by atoms with Crippen molar-refractivity contribution in [1.82, 2.24) is 0 Å². The lowest BCUT2D eigenvalue weighted by Crippen LogP contribution is -2.11. The molecular weight excluding hydrogens is 432 g/mol. The monoisotopic (exact) mass is 454 g/mol. The molecule has 6 heteroatoms. The van der Waals surface area contributed by atoms with Crippen LogP contribution >= 0.6 is 27.5 Å². The second kappa shape index (κ2) is 10.1.